The smallest absolute Gasteiger partial charge is 0.264 e. The van der Waals surface area contributed by atoms with Crippen molar-refractivity contribution in [3.63, 3.8) is 0 Å². The molecule has 0 spiro atoms. The number of amides is 2. The van der Waals surface area contributed by atoms with Crippen LogP contribution in [-0.4, -0.2) is 57.9 Å². The molecule has 1 aliphatic heterocycles. The first-order valence-electron chi connectivity index (χ1n) is 9.39. The number of sulfone groups is 1. The summed E-state index contributed by atoms with van der Waals surface area (Å²) in [5, 5.41) is 2.91. The summed E-state index contributed by atoms with van der Waals surface area (Å²) in [5.41, 5.74) is 1.45. The van der Waals surface area contributed by atoms with E-state index in [2.05, 4.69) is 5.32 Å². The summed E-state index contributed by atoms with van der Waals surface area (Å²) in [7, 11) is -0.384. The Balaban J connectivity index is 2.13. The van der Waals surface area contributed by atoms with E-state index in [1.165, 1.54) is 7.11 Å². The fourth-order valence-electron chi connectivity index (χ4n) is 3.57. The molecule has 1 N–H and O–H groups in total. The summed E-state index contributed by atoms with van der Waals surface area (Å²) in [6, 6.07) is 8.80. The van der Waals surface area contributed by atoms with Gasteiger partial charge in [-0.1, -0.05) is 12.1 Å². The number of anilines is 1. The average Bonchev–Trinajstić information content (AvgIpc) is 2.96. The van der Waals surface area contributed by atoms with Gasteiger partial charge in [0.15, 0.2) is 11.5 Å². The number of fused-ring (bicyclic) bond motifs is 1. The van der Waals surface area contributed by atoms with Crippen LogP contribution in [0.25, 0.3) is 0 Å². The Kier molecular flexibility index (Phi) is 6.02. The molecule has 0 bridgehead atoms. The van der Waals surface area contributed by atoms with E-state index in [9.17, 15) is 18.0 Å². The molecule has 0 saturated carbocycles. The SMILES string of the molecule is CCOc1cc(C(CS(C)(=O)=O)N2C(=O)c3cccc(NC)c3C2=O)ccc1OC. The molecule has 9 heteroatoms. The van der Waals surface area contributed by atoms with Crippen LogP contribution < -0.4 is 14.8 Å². The Morgan fingerprint density at radius 3 is 2.43 bits per heavy atom. The summed E-state index contributed by atoms with van der Waals surface area (Å²) in [4.78, 5) is 27.4. The quantitative estimate of drug-likeness (QED) is 0.640. The highest BCUT2D eigenvalue weighted by Gasteiger charge is 2.43. The summed E-state index contributed by atoms with van der Waals surface area (Å²) in [6.07, 6.45) is 1.07. The van der Waals surface area contributed by atoms with E-state index in [0.717, 1.165) is 11.2 Å². The van der Waals surface area contributed by atoms with Crippen molar-refractivity contribution >= 4 is 27.3 Å². The molecule has 8 nitrogen and oxygen atoms in total. The number of carbonyl (C=O) groups is 2. The van der Waals surface area contributed by atoms with Gasteiger partial charge in [0, 0.05) is 19.0 Å². The predicted octanol–water partition coefficient (Wildman–Crippen LogP) is 2.52. The molecule has 0 radical (unpaired) electrons. The van der Waals surface area contributed by atoms with Crippen LogP contribution in [0.1, 0.15) is 39.2 Å². The molecule has 2 amide bonds. The van der Waals surface area contributed by atoms with Gasteiger partial charge in [0.25, 0.3) is 11.8 Å². The van der Waals surface area contributed by atoms with Crippen LogP contribution in [0.15, 0.2) is 36.4 Å². The number of nitrogens with one attached hydrogen (secondary N) is 1. The fraction of sp³-hybridized carbons (Fsp3) is 0.333. The lowest BCUT2D eigenvalue weighted by Crippen LogP contribution is -2.37. The lowest BCUT2D eigenvalue weighted by Gasteiger charge is -2.27. The third kappa shape index (κ3) is 3.97. The highest BCUT2D eigenvalue weighted by atomic mass is 32.2. The van der Waals surface area contributed by atoms with Crippen molar-refractivity contribution in [3.05, 3.63) is 53.1 Å². The van der Waals surface area contributed by atoms with Gasteiger partial charge in [-0.2, -0.15) is 0 Å². The summed E-state index contributed by atoms with van der Waals surface area (Å²) < 4.78 is 35.3. The number of rotatable bonds is 8. The van der Waals surface area contributed by atoms with Crippen molar-refractivity contribution < 1.29 is 27.5 Å². The first-order chi connectivity index (χ1) is 14.2. The molecule has 0 aliphatic carbocycles. The minimum absolute atomic E-state index is 0.238. The molecule has 2 aromatic carbocycles. The second-order valence-electron chi connectivity index (χ2n) is 6.91. The normalized spacial score (nSPS) is 14.5. The Hall–Kier alpha value is -3.07. The van der Waals surface area contributed by atoms with E-state index >= 15 is 0 Å². The highest BCUT2D eigenvalue weighted by molar-refractivity contribution is 7.90. The average molecular weight is 432 g/mol. The molecule has 0 fully saturated rings. The maximum atomic E-state index is 13.2. The molecule has 0 aromatic heterocycles. The number of nitrogens with zero attached hydrogens (tertiary/aromatic N) is 1. The maximum Gasteiger partial charge on any atom is 0.264 e. The van der Waals surface area contributed by atoms with Crippen molar-refractivity contribution in [1.29, 1.82) is 0 Å². The lowest BCUT2D eigenvalue weighted by atomic mass is 10.1. The van der Waals surface area contributed by atoms with Crippen molar-refractivity contribution in [3.8, 4) is 11.5 Å². The number of benzene rings is 2. The zero-order valence-corrected chi connectivity index (χ0v) is 18.1. The zero-order chi connectivity index (χ0) is 22.1. The lowest BCUT2D eigenvalue weighted by molar-refractivity contribution is 0.0597. The number of imide groups is 1. The molecule has 3 rings (SSSR count). The van der Waals surface area contributed by atoms with Crippen LogP contribution in [-0.2, 0) is 9.84 Å². The summed E-state index contributed by atoms with van der Waals surface area (Å²) in [5.74, 6) is -0.607. The Morgan fingerprint density at radius 2 is 1.83 bits per heavy atom. The Bertz CT molecular complexity index is 1100. The van der Waals surface area contributed by atoms with Crippen molar-refractivity contribution in [2.75, 3.05) is 38.1 Å². The van der Waals surface area contributed by atoms with Gasteiger partial charge in [-0.25, -0.2) is 8.42 Å². The van der Waals surface area contributed by atoms with Crippen LogP contribution >= 0.6 is 0 Å². The van der Waals surface area contributed by atoms with Gasteiger partial charge in [-0.05, 0) is 36.8 Å². The number of hydrogen-bond acceptors (Lipinski definition) is 7. The maximum absolute atomic E-state index is 13.2. The number of ether oxygens (including phenoxy) is 2. The molecule has 0 saturated heterocycles. The standard InChI is InChI=1S/C21H24N2O6S/c1-5-29-18-11-13(9-10-17(18)28-3)16(12-30(4,26)27)23-20(24)14-7-6-8-15(22-2)19(14)21(23)25/h6-11,16,22H,5,12H2,1-4H3. The second kappa shape index (κ2) is 8.35. The topological polar surface area (TPSA) is 102 Å². The Labute approximate surface area is 175 Å². The van der Waals surface area contributed by atoms with Crippen molar-refractivity contribution in [2.45, 2.75) is 13.0 Å². The van der Waals surface area contributed by atoms with Gasteiger partial charge in [0.1, 0.15) is 9.84 Å². The van der Waals surface area contributed by atoms with Gasteiger partial charge in [0.05, 0.1) is 36.6 Å². The number of carbonyl (C=O) groups excluding carboxylic acids is 2. The van der Waals surface area contributed by atoms with Crippen molar-refractivity contribution in [2.24, 2.45) is 0 Å². The molecular weight excluding hydrogens is 408 g/mol. The van der Waals surface area contributed by atoms with Crippen LogP contribution in [0.2, 0.25) is 0 Å². The monoisotopic (exact) mass is 432 g/mol. The minimum Gasteiger partial charge on any atom is -0.493 e. The van der Waals surface area contributed by atoms with Crippen LogP contribution in [0.4, 0.5) is 5.69 Å². The summed E-state index contributed by atoms with van der Waals surface area (Å²) in [6.45, 7) is 2.18. The van der Waals surface area contributed by atoms with Gasteiger partial charge in [-0.3, -0.25) is 14.5 Å². The van der Waals surface area contributed by atoms with E-state index in [1.54, 1.807) is 43.4 Å². The van der Waals surface area contributed by atoms with Gasteiger partial charge >= 0.3 is 0 Å². The largest absolute Gasteiger partial charge is 0.493 e. The van der Waals surface area contributed by atoms with E-state index < -0.39 is 33.4 Å². The van der Waals surface area contributed by atoms with E-state index in [0.29, 0.717) is 29.4 Å². The first-order valence-corrected chi connectivity index (χ1v) is 11.4. The van der Waals surface area contributed by atoms with Crippen molar-refractivity contribution in [1.82, 2.24) is 4.90 Å². The third-order valence-corrected chi connectivity index (χ3v) is 5.78. The van der Waals surface area contributed by atoms with Gasteiger partial charge < -0.3 is 14.8 Å². The molecule has 1 aliphatic rings. The van der Waals surface area contributed by atoms with Crippen LogP contribution in [0, 0.1) is 0 Å². The molecule has 1 atom stereocenters. The number of methoxy groups -OCH3 is 1. The third-order valence-electron chi connectivity index (χ3n) is 4.86. The van der Waals surface area contributed by atoms with E-state index in [4.69, 9.17) is 9.47 Å². The van der Waals surface area contributed by atoms with Crippen LogP contribution in [0.5, 0.6) is 11.5 Å². The molecular formula is C21H24N2O6S. The summed E-state index contributed by atoms with van der Waals surface area (Å²) >= 11 is 0. The predicted molar refractivity (Wildman–Crippen MR) is 113 cm³/mol. The second-order valence-corrected chi connectivity index (χ2v) is 9.09. The highest BCUT2D eigenvalue weighted by Crippen LogP contribution is 2.38. The molecule has 1 unspecified atom stereocenters. The number of hydrogen-bond donors (Lipinski definition) is 1. The fourth-order valence-corrected chi connectivity index (χ4v) is 4.49. The van der Waals surface area contributed by atoms with Gasteiger partial charge in [0.2, 0.25) is 0 Å². The zero-order valence-electron chi connectivity index (χ0n) is 17.3. The van der Waals surface area contributed by atoms with Gasteiger partial charge in [-0.15, -0.1) is 0 Å². The molecule has 160 valence electrons. The molecule has 1 heterocycles. The minimum atomic E-state index is -3.53. The van der Waals surface area contributed by atoms with E-state index in [1.807, 2.05) is 6.92 Å². The molecule has 2 aromatic rings. The molecule has 30 heavy (non-hydrogen) atoms. The first kappa shape index (κ1) is 21.6. The van der Waals surface area contributed by atoms with Crippen LogP contribution in [0.3, 0.4) is 0 Å². The van der Waals surface area contributed by atoms with E-state index in [-0.39, 0.29) is 11.1 Å². The Morgan fingerprint density at radius 1 is 1.10 bits per heavy atom.